The highest BCUT2D eigenvalue weighted by atomic mass is 79.9. The SMILES string of the molecule is Cc1nn(C)c(CNC(C)c2ccc(Br)cc2)c1Cl. The van der Waals surface area contributed by atoms with E-state index in [0.29, 0.717) is 6.54 Å². The predicted octanol–water partition coefficient (Wildman–Crippen LogP) is 4.00. The lowest BCUT2D eigenvalue weighted by Gasteiger charge is -2.14. The van der Waals surface area contributed by atoms with Crippen LogP contribution < -0.4 is 5.32 Å². The summed E-state index contributed by atoms with van der Waals surface area (Å²) in [5, 5.41) is 8.53. The highest BCUT2D eigenvalue weighted by Crippen LogP contribution is 2.21. The van der Waals surface area contributed by atoms with Gasteiger partial charge in [0, 0.05) is 24.1 Å². The van der Waals surface area contributed by atoms with Gasteiger partial charge >= 0.3 is 0 Å². The predicted molar refractivity (Wildman–Crippen MR) is 82.4 cm³/mol. The minimum atomic E-state index is 0.263. The van der Waals surface area contributed by atoms with E-state index in [9.17, 15) is 0 Å². The number of aryl methyl sites for hydroxylation is 2. The summed E-state index contributed by atoms with van der Waals surface area (Å²) in [7, 11) is 1.92. The van der Waals surface area contributed by atoms with E-state index in [2.05, 4.69) is 57.5 Å². The molecule has 3 nitrogen and oxygen atoms in total. The molecule has 0 spiro atoms. The van der Waals surface area contributed by atoms with Crippen molar-refractivity contribution in [2.45, 2.75) is 26.4 Å². The molecule has 0 saturated heterocycles. The zero-order chi connectivity index (χ0) is 14.0. The molecule has 5 heteroatoms. The Morgan fingerprint density at radius 1 is 1.37 bits per heavy atom. The second-order valence-corrected chi connectivity index (χ2v) is 5.92. The van der Waals surface area contributed by atoms with Crippen LogP contribution in [-0.4, -0.2) is 9.78 Å². The summed E-state index contributed by atoms with van der Waals surface area (Å²) in [6.07, 6.45) is 0. The second-order valence-electron chi connectivity index (χ2n) is 4.62. The van der Waals surface area contributed by atoms with Crippen LogP contribution in [0, 0.1) is 6.92 Å². The molecule has 0 radical (unpaired) electrons. The van der Waals surface area contributed by atoms with Gasteiger partial charge in [-0.3, -0.25) is 4.68 Å². The first-order valence-corrected chi connectivity index (χ1v) is 7.33. The van der Waals surface area contributed by atoms with Crippen molar-refractivity contribution in [1.29, 1.82) is 0 Å². The molecule has 1 aromatic carbocycles. The summed E-state index contributed by atoms with van der Waals surface area (Å²) in [5.74, 6) is 0. The summed E-state index contributed by atoms with van der Waals surface area (Å²) < 4.78 is 2.92. The van der Waals surface area contributed by atoms with Crippen molar-refractivity contribution in [2.75, 3.05) is 0 Å². The zero-order valence-electron chi connectivity index (χ0n) is 11.2. The number of rotatable bonds is 4. The van der Waals surface area contributed by atoms with Crippen molar-refractivity contribution in [1.82, 2.24) is 15.1 Å². The number of halogens is 2. The largest absolute Gasteiger partial charge is 0.305 e. The Morgan fingerprint density at radius 2 is 2.00 bits per heavy atom. The van der Waals surface area contributed by atoms with Gasteiger partial charge in [0.1, 0.15) is 0 Å². The molecule has 1 atom stereocenters. The molecule has 1 aromatic heterocycles. The van der Waals surface area contributed by atoms with E-state index in [-0.39, 0.29) is 6.04 Å². The van der Waals surface area contributed by atoms with E-state index in [0.717, 1.165) is 20.9 Å². The standard InChI is InChI=1S/C14H17BrClN3/c1-9(11-4-6-12(15)7-5-11)17-8-13-14(16)10(2)18-19(13)3/h4-7,9,17H,8H2,1-3H3. The van der Waals surface area contributed by atoms with E-state index in [1.54, 1.807) is 0 Å². The third kappa shape index (κ3) is 3.38. The second kappa shape index (κ2) is 6.07. The first-order chi connectivity index (χ1) is 8.99. The lowest BCUT2D eigenvalue weighted by atomic mass is 10.1. The number of nitrogens with one attached hydrogen (secondary N) is 1. The van der Waals surface area contributed by atoms with Crippen LogP contribution >= 0.6 is 27.5 Å². The molecule has 0 aliphatic carbocycles. The average molecular weight is 343 g/mol. The van der Waals surface area contributed by atoms with Gasteiger partial charge in [0.15, 0.2) is 0 Å². The average Bonchev–Trinajstić information content (AvgIpc) is 2.62. The molecule has 1 N–H and O–H groups in total. The maximum Gasteiger partial charge on any atom is 0.0860 e. The van der Waals surface area contributed by atoms with Gasteiger partial charge in [-0.25, -0.2) is 0 Å². The number of hydrogen-bond donors (Lipinski definition) is 1. The van der Waals surface area contributed by atoms with Crippen molar-refractivity contribution in [3.8, 4) is 0 Å². The molecule has 0 fully saturated rings. The Morgan fingerprint density at radius 3 is 2.53 bits per heavy atom. The molecule has 2 aromatic rings. The fourth-order valence-electron chi connectivity index (χ4n) is 1.99. The number of nitrogens with zero attached hydrogens (tertiary/aromatic N) is 2. The van der Waals surface area contributed by atoms with Crippen LogP contribution in [0.5, 0.6) is 0 Å². The Hall–Kier alpha value is -0.840. The quantitative estimate of drug-likeness (QED) is 0.910. The number of hydrogen-bond acceptors (Lipinski definition) is 2. The normalized spacial score (nSPS) is 12.7. The van der Waals surface area contributed by atoms with Gasteiger partial charge in [-0.05, 0) is 31.5 Å². The first-order valence-electron chi connectivity index (χ1n) is 6.16. The van der Waals surface area contributed by atoms with Gasteiger partial charge in [0.05, 0.1) is 16.4 Å². The van der Waals surface area contributed by atoms with Gasteiger partial charge in [-0.2, -0.15) is 5.10 Å². The maximum absolute atomic E-state index is 6.23. The van der Waals surface area contributed by atoms with Crippen LogP contribution in [0.2, 0.25) is 5.02 Å². The van der Waals surface area contributed by atoms with Crippen molar-refractivity contribution < 1.29 is 0 Å². The van der Waals surface area contributed by atoms with Crippen LogP contribution in [0.3, 0.4) is 0 Å². The number of benzene rings is 1. The van der Waals surface area contributed by atoms with Crippen molar-refractivity contribution in [2.24, 2.45) is 7.05 Å². The van der Waals surface area contributed by atoms with Crippen LogP contribution in [-0.2, 0) is 13.6 Å². The van der Waals surface area contributed by atoms with E-state index >= 15 is 0 Å². The maximum atomic E-state index is 6.23. The van der Waals surface area contributed by atoms with E-state index in [1.165, 1.54) is 5.56 Å². The fourth-order valence-corrected chi connectivity index (χ4v) is 2.48. The Balaban J connectivity index is 2.04. The molecular formula is C14H17BrClN3. The van der Waals surface area contributed by atoms with Gasteiger partial charge in [-0.15, -0.1) is 0 Å². The minimum absolute atomic E-state index is 0.263. The van der Waals surface area contributed by atoms with Gasteiger partial charge in [0.2, 0.25) is 0 Å². The molecule has 102 valence electrons. The fraction of sp³-hybridized carbons (Fsp3) is 0.357. The van der Waals surface area contributed by atoms with Crippen LogP contribution in [0.25, 0.3) is 0 Å². The zero-order valence-corrected chi connectivity index (χ0v) is 13.6. The minimum Gasteiger partial charge on any atom is -0.305 e. The molecule has 0 aliphatic heterocycles. The van der Waals surface area contributed by atoms with E-state index in [4.69, 9.17) is 11.6 Å². The molecule has 1 heterocycles. The van der Waals surface area contributed by atoms with Gasteiger partial charge < -0.3 is 5.32 Å². The van der Waals surface area contributed by atoms with Gasteiger partial charge in [0.25, 0.3) is 0 Å². The Kier molecular flexibility index (Phi) is 4.66. The van der Waals surface area contributed by atoms with Crippen LogP contribution in [0.4, 0.5) is 0 Å². The molecule has 0 amide bonds. The summed E-state index contributed by atoms with van der Waals surface area (Å²) in [6, 6.07) is 8.58. The van der Waals surface area contributed by atoms with E-state index in [1.807, 2.05) is 18.7 Å². The Bertz CT molecular complexity index is 563. The van der Waals surface area contributed by atoms with Crippen LogP contribution in [0.1, 0.15) is 29.9 Å². The Labute approximate surface area is 127 Å². The van der Waals surface area contributed by atoms with Crippen LogP contribution in [0.15, 0.2) is 28.7 Å². The lowest BCUT2D eigenvalue weighted by Crippen LogP contribution is -2.20. The van der Waals surface area contributed by atoms with Crippen molar-refractivity contribution >= 4 is 27.5 Å². The smallest absolute Gasteiger partial charge is 0.0860 e. The van der Waals surface area contributed by atoms with Gasteiger partial charge in [-0.1, -0.05) is 39.7 Å². The highest BCUT2D eigenvalue weighted by Gasteiger charge is 2.12. The summed E-state index contributed by atoms with van der Waals surface area (Å²) in [4.78, 5) is 0. The molecule has 0 saturated carbocycles. The van der Waals surface area contributed by atoms with Crippen molar-refractivity contribution in [3.63, 3.8) is 0 Å². The first kappa shape index (κ1) is 14.6. The topological polar surface area (TPSA) is 29.9 Å². The van der Waals surface area contributed by atoms with Crippen molar-refractivity contribution in [3.05, 3.63) is 50.7 Å². The molecule has 2 rings (SSSR count). The number of aromatic nitrogens is 2. The third-order valence-corrected chi connectivity index (χ3v) is 4.23. The highest BCUT2D eigenvalue weighted by molar-refractivity contribution is 9.10. The monoisotopic (exact) mass is 341 g/mol. The summed E-state index contributed by atoms with van der Waals surface area (Å²) in [6.45, 7) is 4.76. The summed E-state index contributed by atoms with van der Waals surface area (Å²) >= 11 is 9.68. The lowest BCUT2D eigenvalue weighted by molar-refractivity contribution is 0.548. The molecule has 1 unspecified atom stereocenters. The summed E-state index contributed by atoms with van der Waals surface area (Å²) in [5.41, 5.74) is 3.14. The third-order valence-electron chi connectivity index (χ3n) is 3.21. The van der Waals surface area contributed by atoms with E-state index < -0.39 is 0 Å². The molecule has 0 aliphatic rings. The molecule has 0 bridgehead atoms. The molecular weight excluding hydrogens is 326 g/mol. The molecule has 19 heavy (non-hydrogen) atoms.